The van der Waals surface area contributed by atoms with E-state index in [0.717, 1.165) is 0 Å². The minimum Gasteiger partial charge on any atom is -0.414 e. The predicted molar refractivity (Wildman–Crippen MR) is 42.8 cm³/mol. The van der Waals surface area contributed by atoms with Crippen molar-refractivity contribution in [2.45, 2.75) is 0 Å². The molecule has 0 fully saturated rings. The zero-order chi connectivity index (χ0) is 7.40. The molecule has 0 saturated heterocycles. The first-order valence-corrected chi connectivity index (χ1v) is 3.56. The molecule has 1 N–H and O–H groups in total. The van der Waals surface area contributed by atoms with E-state index in [2.05, 4.69) is 4.74 Å². The summed E-state index contributed by atoms with van der Waals surface area (Å²) in [7, 11) is 0. The van der Waals surface area contributed by atoms with Gasteiger partial charge in [0, 0.05) is 29.6 Å². The second-order valence-electron chi connectivity index (χ2n) is 1.56. The van der Waals surface area contributed by atoms with Gasteiger partial charge in [-0.2, -0.15) is 0 Å². The Bertz CT molecular complexity index is 210. The molecule has 1 aromatic heterocycles. The van der Waals surface area contributed by atoms with Gasteiger partial charge in [0.15, 0.2) is 5.06 Å². The van der Waals surface area contributed by atoms with Gasteiger partial charge in [0.25, 0.3) is 0 Å². The third-order valence-electron chi connectivity index (χ3n) is 0.839. The number of esters is 1. The average molecular weight is 181 g/mol. The third-order valence-corrected chi connectivity index (χ3v) is 1.58. The van der Waals surface area contributed by atoms with Crippen LogP contribution in [0.3, 0.4) is 0 Å². The third kappa shape index (κ3) is 3.88. The van der Waals surface area contributed by atoms with E-state index in [-0.39, 0.29) is 29.6 Å². The number of thiophene rings is 1. The van der Waals surface area contributed by atoms with E-state index >= 15 is 0 Å². The van der Waals surface area contributed by atoms with E-state index in [1.807, 2.05) is 0 Å². The van der Waals surface area contributed by atoms with Gasteiger partial charge in [0.05, 0.1) is 0 Å². The fourth-order valence-electron chi connectivity index (χ4n) is 0.466. The Kier molecular flexibility index (Phi) is 5.81. The number of hydrogen-bond donors (Lipinski definition) is 1. The maximum atomic E-state index is 10.4. The van der Waals surface area contributed by atoms with Gasteiger partial charge >= 0.3 is 5.97 Å². The quantitative estimate of drug-likeness (QED) is 0.526. The van der Waals surface area contributed by atoms with Crippen LogP contribution in [0.4, 0.5) is 0 Å². The van der Waals surface area contributed by atoms with E-state index in [1.54, 1.807) is 17.5 Å². The number of carbonyl (C=O) groups is 1. The molecule has 0 aliphatic rings. The van der Waals surface area contributed by atoms with Gasteiger partial charge in [-0.1, -0.05) is 0 Å². The fourth-order valence-corrected chi connectivity index (χ4v) is 1.06. The number of ether oxygens (including phenoxy) is 1. The minimum atomic E-state index is -0.623. The van der Waals surface area contributed by atoms with Gasteiger partial charge < -0.3 is 9.84 Å². The van der Waals surface area contributed by atoms with E-state index in [1.165, 1.54) is 11.3 Å². The first kappa shape index (κ1) is 11.1. The number of rotatable bonds is 2. The van der Waals surface area contributed by atoms with E-state index in [4.69, 9.17) is 5.11 Å². The molecule has 5 heteroatoms. The summed E-state index contributed by atoms with van der Waals surface area (Å²) in [6, 6.07) is 3.43. The molecule has 1 heterocycles. The molecule has 0 saturated carbocycles. The van der Waals surface area contributed by atoms with Crippen molar-refractivity contribution < 1.29 is 14.6 Å². The number of aliphatic hydroxyl groups is 1. The second-order valence-corrected chi connectivity index (χ2v) is 2.47. The smallest absolute Gasteiger partial charge is 0.337 e. The van der Waals surface area contributed by atoms with Crippen LogP contribution in [0.1, 0.15) is 0 Å². The second kappa shape index (κ2) is 5.74. The van der Waals surface area contributed by atoms with Crippen LogP contribution in [0.15, 0.2) is 17.5 Å². The van der Waals surface area contributed by atoms with Crippen molar-refractivity contribution in [1.29, 1.82) is 0 Å². The van der Waals surface area contributed by atoms with Crippen molar-refractivity contribution in [2.75, 3.05) is 6.61 Å². The number of carbonyl (C=O) groups excluding carboxylic acids is 1. The summed E-state index contributed by atoms with van der Waals surface area (Å²) in [4.78, 5) is 10.4. The summed E-state index contributed by atoms with van der Waals surface area (Å²) in [6.07, 6.45) is 0. The molecular formula is C6H6NaO3S. The van der Waals surface area contributed by atoms with Crippen molar-refractivity contribution in [3.05, 3.63) is 17.5 Å². The van der Waals surface area contributed by atoms with Gasteiger partial charge in [-0.3, -0.25) is 0 Å². The van der Waals surface area contributed by atoms with Crippen molar-refractivity contribution in [1.82, 2.24) is 0 Å². The van der Waals surface area contributed by atoms with Crippen LogP contribution in [0, 0.1) is 0 Å². The largest absolute Gasteiger partial charge is 0.414 e. The molecule has 1 radical (unpaired) electrons. The molecule has 1 rings (SSSR count). The Hall–Kier alpha value is 0.130. The predicted octanol–water partition coefficient (Wildman–Crippen LogP) is 0.265. The molecular weight excluding hydrogens is 175 g/mol. The van der Waals surface area contributed by atoms with Crippen LogP contribution >= 0.6 is 11.3 Å². The molecule has 0 aliphatic heterocycles. The Morgan fingerprint density at radius 2 is 2.45 bits per heavy atom. The number of hydrogen-bond acceptors (Lipinski definition) is 4. The number of aliphatic hydroxyl groups excluding tert-OH is 1. The first-order valence-electron chi connectivity index (χ1n) is 2.68. The zero-order valence-corrected chi connectivity index (χ0v) is 8.93. The standard InChI is InChI=1S/C6H6O3S.Na/c7-4-5(8)9-6-2-1-3-10-6;/h1-3,7H,4H2;. The van der Waals surface area contributed by atoms with E-state index < -0.39 is 12.6 Å². The molecule has 0 amide bonds. The Morgan fingerprint density at radius 1 is 1.73 bits per heavy atom. The summed E-state index contributed by atoms with van der Waals surface area (Å²) in [6.45, 7) is -0.572. The summed E-state index contributed by atoms with van der Waals surface area (Å²) in [5.41, 5.74) is 0. The molecule has 3 nitrogen and oxygen atoms in total. The van der Waals surface area contributed by atoms with Gasteiger partial charge in [0.1, 0.15) is 6.61 Å². The van der Waals surface area contributed by atoms with Crippen LogP contribution < -0.4 is 4.74 Å². The normalized spacial score (nSPS) is 8.45. The van der Waals surface area contributed by atoms with Crippen LogP contribution in [0.2, 0.25) is 0 Å². The van der Waals surface area contributed by atoms with E-state index in [9.17, 15) is 4.79 Å². The monoisotopic (exact) mass is 181 g/mol. The Labute approximate surface area is 90.3 Å². The van der Waals surface area contributed by atoms with E-state index in [0.29, 0.717) is 5.06 Å². The molecule has 0 aliphatic carbocycles. The molecule has 0 aromatic carbocycles. The van der Waals surface area contributed by atoms with Crippen LogP contribution in [-0.4, -0.2) is 47.2 Å². The maximum absolute atomic E-state index is 10.4. The summed E-state index contributed by atoms with van der Waals surface area (Å²) < 4.78 is 4.63. The fraction of sp³-hybridized carbons (Fsp3) is 0.167. The SMILES string of the molecule is O=C(CO)Oc1cccs1.[Na]. The van der Waals surface area contributed by atoms with Gasteiger partial charge in [-0.05, 0) is 17.5 Å². The topological polar surface area (TPSA) is 46.5 Å². The van der Waals surface area contributed by atoms with Crippen LogP contribution in [-0.2, 0) is 4.79 Å². The van der Waals surface area contributed by atoms with Crippen LogP contribution in [0.5, 0.6) is 5.06 Å². The van der Waals surface area contributed by atoms with Crippen molar-refractivity contribution >= 4 is 46.9 Å². The molecule has 11 heavy (non-hydrogen) atoms. The molecule has 0 spiro atoms. The average Bonchev–Trinajstić information content (AvgIpc) is 2.40. The molecule has 0 unspecified atom stereocenters. The Balaban J connectivity index is 0.000001000. The van der Waals surface area contributed by atoms with Crippen molar-refractivity contribution in [3.63, 3.8) is 0 Å². The minimum absolute atomic E-state index is 0. The zero-order valence-electron chi connectivity index (χ0n) is 6.11. The Morgan fingerprint density at radius 3 is 2.91 bits per heavy atom. The van der Waals surface area contributed by atoms with Crippen molar-refractivity contribution in [2.24, 2.45) is 0 Å². The van der Waals surface area contributed by atoms with Gasteiger partial charge in [-0.25, -0.2) is 4.79 Å². The molecule has 0 atom stereocenters. The van der Waals surface area contributed by atoms with Gasteiger partial charge in [-0.15, -0.1) is 11.3 Å². The van der Waals surface area contributed by atoms with Crippen molar-refractivity contribution in [3.8, 4) is 5.06 Å². The van der Waals surface area contributed by atoms with Gasteiger partial charge in [0.2, 0.25) is 0 Å². The molecule has 0 bridgehead atoms. The summed E-state index contributed by atoms with van der Waals surface area (Å²) in [5, 5.41) is 10.6. The molecule has 55 valence electrons. The molecule has 1 aromatic rings. The first-order chi connectivity index (χ1) is 4.83. The maximum Gasteiger partial charge on any atom is 0.337 e. The summed E-state index contributed by atoms with van der Waals surface area (Å²) >= 11 is 1.31. The van der Waals surface area contributed by atoms with Crippen LogP contribution in [0.25, 0.3) is 0 Å². The summed E-state index contributed by atoms with van der Waals surface area (Å²) in [5.74, 6) is -0.623.